The second kappa shape index (κ2) is 3.41. The van der Waals surface area contributed by atoms with Crippen molar-refractivity contribution in [2.75, 3.05) is 0 Å². The largest absolute Gasteiger partial charge is 0.456 e. The van der Waals surface area contributed by atoms with Crippen molar-refractivity contribution in [3.05, 3.63) is 42.0 Å². The van der Waals surface area contributed by atoms with Gasteiger partial charge in [0, 0.05) is 10.8 Å². The van der Waals surface area contributed by atoms with Crippen LogP contribution in [0, 0.1) is 6.92 Å². The Balaban J connectivity index is 2.47. The number of hydrogen-bond donors (Lipinski definition) is 0. The highest BCUT2D eigenvalue weighted by molar-refractivity contribution is 6.52. The third kappa shape index (κ3) is 1.26. The minimum atomic E-state index is 0.968. The lowest BCUT2D eigenvalue weighted by atomic mass is 9.73. The van der Waals surface area contributed by atoms with Crippen LogP contribution in [-0.2, 0) is 0 Å². The Labute approximate surface area is 95.3 Å². The quantitative estimate of drug-likeness (QED) is 0.558. The summed E-state index contributed by atoms with van der Waals surface area (Å²) < 4.78 is 5.87. The monoisotopic (exact) mass is 207 g/mol. The summed E-state index contributed by atoms with van der Waals surface area (Å²) in [7, 11) is 2.11. The van der Waals surface area contributed by atoms with Crippen molar-refractivity contribution >= 4 is 34.7 Å². The molecule has 0 bridgehead atoms. The fourth-order valence-electron chi connectivity index (χ4n) is 2.14. The molecule has 3 aromatic rings. The minimum absolute atomic E-state index is 0.968. The first-order valence-electron chi connectivity index (χ1n) is 5.51. The van der Waals surface area contributed by atoms with Crippen LogP contribution in [0.25, 0.3) is 21.9 Å². The van der Waals surface area contributed by atoms with Crippen molar-refractivity contribution in [3.63, 3.8) is 0 Å². The van der Waals surface area contributed by atoms with Crippen LogP contribution < -0.4 is 5.46 Å². The molecule has 1 radical (unpaired) electrons. The highest BCUT2D eigenvalue weighted by atomic mass is 16.3. The SMILES string of the molecule is C[B]c1ccc2oc3c(C)cccc3c2c1. The van der Waals surface area contributed by atoms with Crippen molar-refractivity contribution in [3.8, 4) is 0 Å². The van der Waals surface area contributed by atoms with Crippen LogP contribution in [-0.4, -0.2) is 7.28 Å². The van der Waals surface area contributed by atoms with E-state index in [0.29, 0.717) is 0 Å². The Morgan fingerprint density at radius 2 is 1.94 bits per heavy atom. The predicted octanol–water partition coefficient (Wildman–Crippen LogP) is 3.27. The van der Waals surface area contributed by atoms with Gasteiger partial charge in [-0.2, -0.15) is 0 Å². The molecule has 0 amide bonds. The first-order valence-corrected chi connectivity index (χ1v) is 5.51. The van der Waals surface area contributed by atoms with E-state index in [0.717, 1.165) is 11.2 Å². The Morgan fingerprint density at radius 1 is 1.06 bits per heavy atom. The van der Waals surface area contributed by atoms with Gasteiger partial charge in [0.05, 0.1) is 0 Å². The molecule has 0 spiro atoms. The Morgan fingerprint density at radius 3 is 2.75 bits per heavy atom. The van der Waals surface area contributed by atoms with Gasteiger partial charge in [-0.3, -0.25) is 0 Å². The van der Waals surface area contributed by atoms with Crippen LogP contribution in [0.15, 0.2) is 40.8 Å². The van der Waals surface area contributed by atoms with Gasteiger partial charge in [-0.25, -0.2) is 0 Å². The molecular formula is C14H12BO. The third-order valence-corrected chi connectivity index (χ3v) is 3.05. The molecule has 0 aliphatic carbocycles. The van der Waals surface area contributed by atoms with Crippen LogP contribution >= 0.6 is 0 Å². The van der Waals surface area contributed by atoms with E-state index in [1.807, 2.05) is 6.07 Å². The third-order valence-electron chi connectivity index (χ3n) is 3.05. The molecule has 1 heterocycles. The summed E-state index contributed by atoms with van der Waals surface area (Å²) >= 11 is 0. The summed E-state index contributed by atoms with van der Waals surface area (Å²) in [6.45, 7) is 4.13. The van der Waals surface area contributed by atoms with Crippen molar-refractivity contribution < 1.29 is 4.42 Å². The van der Waals surface area contributed by atoms with Crippen molar-refractivity contribution in [1.29, 1.82) is 0 Å². The van der Waals surface area contributed by atoms with Gasteiger partial charge in [0.1, 0.15) is 18.4 Å². The lowest BCUT2D eigenvalue weighted by Crippen LogP contribution is -2.08. The molecule has 2 aromatic carbocycles. The maximum absolute atomic E-state index is 5.87. The summed E-state index contributed by atoms with van der Waals surface area (Å²) in [6, 6.07) is 12.6. The normalized spacial score (nSPS) is 11.1. The molecule has 2 heteroatoms. The number of fused-ring (bicyclic) bond motifs is 3. The van der Waals surface area contributed by atoms with Gasteiger partial charge in [0.25, 0.3) is 0 Å². The van der Waals surface area contributed by atoms with Gasteiger partial charge in [-0.1, -0.05) is 42.6 Å². The summed E-state index contributed by atoms with van der Waals surface area (Å²) in [4.78, 5) is 0. The highest BCUT2D eigenvalue weighted by Crippen LogP contribution is 2.29. The van der Waals surface area contributed by atoms with E-state index < -0.39 is 0 Å². The van der Waals surface area contributed by atoms with E-state index >= 15 is 0 Å². The Bertz CT molecular complexity index is 667. The molecule has 0 saturated carbocycles. The molecule has 0 saturated heterocycles. The van der Waals surface area contributed by atoms with E-state index in [4.69, 9.17) is 4.42 Å². The zero-order valence-corrected chi connectivity index (χ0v) is 9.45. The number of benzene rings is 2. The molecule has 0 N–H and O–H groups in total. The first-order chi connectivity index (χ1) is 7.79. The summed E-state index contributed by atoms with van der Waals surface area (Å²) in [5.74, 6) is 0. The van der Waals surface area contributed by atoms with E-state index in [1.165, 1.54) is 21.8 Å². The smallest absolute Gasteiger partial charge is 0.148 e. The number of rotatable bonds is 1. The van der Waals surface area contributed by atoms with Gasteiger partial charge < -0.3 is 4.42 Å². The van der Waals surface area contributed by atoms with Crippen LogP contribution in [0.2, 0.25) is 6.82 Å². The van der Waals surface area contributed by atoms with E-state index in [9.17, 15) is 0 Å². The number of hydrogen-bond acceptors (Lipinski definition) is 1. The number of furan rings is 1. The van der Waals surface area contributed by atoms with Crippen molar-refractivity contribution in [1.82, 2.24) is 0 Å². The molecule has 1 nitrogen and oxygen atoms in total. The lowest BCUT2D eigenvalue weighted by Gasteiger charge is -1.94. The average Bonchev–Trinajstić information content (AvgIpc) is 2.68. The molecule has 0 aliphatic heterocycles. The van der Waals surface area contributed by atoms with E-state index in [-0.39, 0.29) is 0 Å². The van der Waals surface area contributed by atoms with Crippen molar-refractivity contribution in [2.24, 2.45) is 0 Å². The van der Waals surface area contributed by atoms with E-state index in [1.54, 1.807) is 0 Å². The van der Waals surface area contributed by atoms with E-state index in [2.05, 4.69) is 51.4 Å². The Kier molecular flexibility index (Phi) is 2.03. The lowest BCUT2D eigenvalue weighted by molar-refractivity contribution is 0.666. The zero-order valence-electron chi connectivity index (χ0n) is 9.45. The fourth-order valence-corrected chi connectivity index (χ4v) is 2.14. The topological polar surface area (TPSA) is 13.1 Å². The summed E-state index contributed by atoms with van der Waals surface area (Å²) in [5.41, 5.74) is 4.40. The fraction of sp³-hybridized carbons (Fsp3) is 0.143. The van der Waals surface area contributed by atoms with Gasteiger partial charge in [0.2, 0.25) is 0 Å². The number of aryl methyl sites for hydroxylation is 1. The molecular weight excluding hydrogens is 195 g/mol. The first kappa shape index (κ1) is 9.53. The highest BCUT2D eigenvalue weighted by Gasteiger charge is 2.08. The molecule has 0 atom stereocenters. The van der Waals surface area contributed by atoms with Gasteiger partial charge >= 0.3 is 0 Å². The summed E-state index contributed by atoms with van der Waals surface area (Å²) in [6.07, 6.45) is 0. The van der Waals surface area contributed by atoms with Crippen LogP contribution in [0.1, 0.15) is 5.56 Å². The minimum Gasteiger partial charge on any atom is -0.456 e. The van der Waals surface area contributed by atoms with Crippen molar-refractivity contribution in [2.45, 2.75) is 13.7 Å². The molecule has 0 aliphatic rings. The second-order valence-corrected chi connectivity index (χ2v) is 4.10. The maximum Gasteiger partial charge on any atom is 0.148 e. The summed E-state index contributed by atoms with van der Waals surface area (Å²) in [5, 5.41) is 2.41. The van der Waals surface area contributed by atoms with Crippen LogP contribution in [0.5, 0.6) is 0 Å². The zero-order chi connectivity index (χ0) is 11.1. The van der Waals surface area contributed by atoms with Crippen LogP contribution in [0.3, 0.4) is 0 Å². The predicted molar refractivity (Wildman–Crippen MR) is 69.7 cm³/mol. The molecule has 0 fully saturated rings. The molecule has 77 valence electrons. The van der Waals surface area contributed by atoms with Gasteiger partial charge in [-0.05, 0) is 18.6 Å². The van der Waals surface area contributed by atoms with Crippen LogP contribution in [0.4, 0.5) is 0 Å². The number of para-hydroxylation sites is 1. The molecule has 0 unspecified atom stereocenters. The Hall–Kier alpha value is -1.70. The van der Waals surface area contributed by atoms with Gasteiger partial charge in [-0.15, -0.1) is 0 Å². The average molecular weight is 207 g/mol. The molecule has 3 rings (SSSR count). The maximum atomic E-state index is 5.87. The molecule has 16 heavy (non-hydrogen) atoms. The second-order valence-electron chi connectivity index (χ2n) is 4.10. The standard InChI is InChI=1S/C14H12BO/c1-9-4-3-5-11-12-8-10(15-2)6-7-13(12)16-14(9)11/h3-8H,1-2H3. The van der Waals surface area contributed by atoms with Gasteiger partial charge in [0.15, 0.2) is 0 Å². The molecule has 1 aromatic heterocycles.